The Kier molecular flexibility index (Phi) is 4.97. The van der Waals surface area contributed by atoms with E-state index < -0.39 is 0 Å². The lowest BCUT2D eigenvalue weighted by molar-refractivity contribution is 0.102. The minimum absolute atomic E-state index is 0.141. The van der Waals surface area contributed by atoms with Crippen LogP contribution in [0.4, 0.5) is 5.69 Å². The van der Waals surface area contributed by atoms with Crippen LogP contribution in [0.25, 0.3) is 11.3 Å². The largest absolute Gasteiger partial charge is 0.322 e. The van der Waals surface area contributed by atoms with E-state index in [1.807, 2.05) is 67.8 Å². The van der Waals surface area contributed by atoms with E-state index in [2.05, 4.69) is 25.8 Å². The van der Waals surface area contributed by atoms with Gasteiger partial charge in [0.1, 0.15) is 5.69 Å². The molecule has 0 atom stereocenters. The third-order valence-electron chi connectivity index (χ3n) is 4.53. The van der Waals surface area contributed by atoms with Gasteiger partial charge in [-0.3, -0.25) is 14.6 Å². The summed E-state index contributed by atoms with van der Waals surface area (Å²) >= 11 is 0. The second-order valence-corrected chi connectivity index (χ2v) is 6.57. The molecule has 0 unspecified atom stereocenters. The third-order valence-corrected chi connectivity index (χ3v) is 4.53. The molecule has 0 saturated heterocycles. The van der Waals surface area contributed by atoms with Crippen LogP contribution in [0.5, 0.6) is 0 Å². The van der Waals surface area contributed by atoms with Crippen LogP contribution in [0.1, 0.15) is 21.5 Å². The maximum Gasteiger partial charge on any atom is 0.255 e. The first-order chi connectivity index (χ1) is 13.7. The topological polar surface area (TPSA) is 88.5 Å². The van der Waals surface area contributed by atoms with Gasteiger partial charge in [-0.15, -0.1) is 5.10 Å². The molecule has 0 bridgehead atoms. The number of aromatic nitrogens is 5. The lowest BCUT2D eigenvalue weighted by atomic mass is 10.0. The number of aryl methyl sites for hydroxylation is 3. The second-order valence-electron chi connectivity index (χ2n) is 6.57. The number of carbonyl (C=O) groups is 1. The van der Waals surface area contributed by atoms with Gasteiger partial charge in [0, 0.05) is 29.6 Å². The summed E-state index contributed by atoms with van der Waals surface area (Å²) in [6.45, 7) is 2.63. The Bertz CT molecular complexity index is 1070. The predicted molar refractivity (Wildman–Crippen MR) is 107 cm³/mol. The van der Waals surface area contributed by atoms with Crippen LogP contribution in [0.2, 0.25) is 0 Å². The number of hydrogen-bond donors (Lipinski definition) is 2. The van der Waals surface area contributed by atoms with Gasteiger partial charge in [0.05, 0.1) is 12.4 Å². The first-order valence-electron chi connectivity index (χ1n) is 9.04. The summed E-state index contributed by atoms with van der Waals surface area (Å²) in [4.78, 5) is 12.7. The van der Waals surface area contributed by atoms with Crippen LogP contribution in [-0.2, 0) is 13.0 Å². The van der Waals surface area contributed by atoms with Crippen molar-refractivity contribution in [3.05, 3.63) is 83.8 Å². The Labute approximate surface area is 162 Å². The van der Waals surface area contributed by atoms with Crippen molar-refractivity contribution in [1.29, 1.82) is 0 Å². The molecule has 28 heavy (non-hydrogen) atoms. The lowest BCUT2D eigenvalue weighted by Crippen LogP contribution is -2.13. The fourth-order valence-electron chi connectivity index (χ4n) is 2.94. The minimum atomic E-state index is -0.141. The van der Waals surface area contributed by atoms with Crippen molar-refractivity contribution in [2.45, 2.75) is 19.9 Å². The number of H-pyrrole nitrogens is 1. The number of carbonyl (C=O) groups excluding carboxylic acids is 1. The van der Waals surface area contributed by atoms with Crippen molar-refractivity contribution in [1.82, 2.24) is 25.2 Å². The number of aromatic amines is 1. The molecule has 0 radical (unpaired) electrons. The third kappa shape index (κ3) is 3.98. The molecule has 2 aromatic carbocycles. The number of para-hydroxylation sites is 1. The van der Waals surface area contributed by atoms with Crippen LogP contribution in [-0.4, -0.2) is 31.1 Å². The Morgan fingerprint density at radius 3 is 2.82 bits per heavy atom. The van der Waals surface area contributed by atoms with Gasteiger partial charge in [0.25, 0.3) is 5.91 Å². The molecule has 2 N–H and O–H groups in total. The monoisotopic (exact) mass is 372 g/mol. The summed E-state index contributed by atoms with van der Waals surface area (Å²) in [5, 5.41) is 18.1. The fourth-order valence-corrected chi connectivity index (χ4v) is 2.94. The molecule has 0 aliphatic carbocycles. The smallest absolute Gasteiger partial charge is 0.255 e. The van der Waals surface area contributed by atoms with Crippen molar-refractivity contribution in [2.75, 3.05) is 5.32 Å². The Hall–Kier alpha value is -3.74. The van der Waals surface area contributed by atoms with Gasteiger partial charge in [0.2, 0.25) is 0 Å². The van der Waals surface area contributed by atoms with Crippen molar-refractivity contribution in [2.24, 2.45) is 0 Å². The second kappa shape index (κ2) is 7.87. The van der Waals surface area contributed by atoms with E-state index in [9.17, 15) is 4.79 Å². The van der Waals surface area contributed by atoms with E-state index >= 15 is 0 Å². The molecule has 7 heteroatoms. The summed E-state index contributed by atoms with van der Waals surface area (Å²) < 4.78 is 1.80. The number of hydrogen-bond acceptors (Lipinski definition) is 4. The number of nitrogens with one attached hydrogen (secondary N) is 2. The Balaban J connectivity index is 1.51. The molecule has 0 fully saturated rings. The van der Waals surface area contributed by atoms with Gasteiger partial charge in [-0.1, -0.05) is 35.5 Å². The highest BCUT2D eigenvalue weighted by Gasteiger charge is 2.13. The van der Waals surface area contributed by atoms with Crippen molar-refractivity contribution in [3.63, 3.8) is 0 Å². The van der Waals surface area contributed by atoms with E-state index in [4.69, 9.17) is 0 Å². The van der Waals surface area contributed by atoms with E-state index in [1.165, 1.54) is 0 Å². The average Bonchev–Trinajstić information content (AvgIpc) is 3.39. The SMILES string of the molecule is Cc1ccc(-c2cn(CCc3cn[nH]c3)nn2)cc1C(=O)Nc1ccccc1. The zero-order valence-corrected chi connectivity index (χ0v) is 15.5. The average molecular weight is 372 g/mol. The zero-order chi connectivity index (χ0) is 19.3. The van der Waals surface area contributed by atoms with E-state index in [0.29, 0.717) is 12.1 Å². The van der Waals surface area contributed by atoms with E-state index in [0.717, 1.165) is 34.5 Å². The molecule has 2 aromatic heterocycles. The van der Waals surface area contributed by atoms with Crippen molar-refractivity contribution in [3.8, 4) is 11.3 Å². The summed E-state index contributed by atoms with van der Waals surface area (Å²) in [7, 11) is 0. The fraction of sp³-hybridized carbons (Fsp3) is 0.143. The summed E-state index contributed by atoms with van der Waals surface area (Å²) in [6, 6.07) is 15.2. The molecule has 0 spiro atoms. The molecule has 0 aliphatic heterocycles. The van der Waals surface area contributed by atoms with Gasteiger partial charge in [-0.2, -0.15) is 5.10 Å². The number of benzene rings is 2. The number of amides is 1. The highest BCUT2D eigenvalue weighted by atomic mass is 16.1. The van der Waals surface area contributed by atoms with E-state index in [1.54, 1.807) is 10.9 Å². The van der Waals surface area contributed by atoms with Gasteiger partial charge < -0.3 is 5.32 Å². The van der Waals surface area contributed by atoms with Crippen LogP contribution in [0, 0.1) is 6.92 Å². The molecular weight excluding hydrogens is 352 g/mol. The van der Waals surface area contributed by atoms with Gasteiger partial charge >= 0.3 is 0 Å². The molecule has 4 aromatic rings. The molecule has 0 saturated carbocycles. The van der Waals surface area contributed by atoms with Gasteiger partial charge in [-0.25, -0.2) is 0 Å². The van der Waals surface area contributed by atoms with Crippen LogP contribution < -0.4 is 5.32 Å². The molecule has 4 rings (SSSR count). The van der Waals surface area contributed by atoms with Gasteiger partial charge in [0.15, 0.2) is 0 Å². The first kappa shape index (κ1) is 17.7. The number of nitrogens with zero attached hydrogens (tertiary/aromatic N) is 4. The quantitative estimate of drug-likeness (QED) is 0.542. The molecule has 7 nitrogen and oxygen atoms in total. The normalized spacial score (nSPS) is 10.8. The van der Waals surface area contributed by atoms with Crippen molar-refractivity contribution >= 4 is 11.6 Å². The Morgan fingerprint density at radius 2 is 2.04 bits per heavy atom. The summed E-state index contributed by atoms with van der Waals surface area (Å²) in [5.74, 6) is -0.141. The molecule has 1 amide bonds. The minimum Gasteiger partial charge on any atom is -0.322 e. The van der Waals surface area contributed by atoms with Gasteiger partial charge in [-0.05, 0) is 42.7 Å². The molecule has 140 valence electrons. The van der Waals surface area contributed by atoms with Crippen LogP contribution in [0.15, 0.2) is 67.1 Å². The first-order valence-corrected chi connectivity index (χ1v) is 9.04. The van der Waals surface area contributed by atoms with Crippen molar-refractivity contribution < 1.29 is 4.79 Å². The molecule has 0 aliphatic rings. The van der Waals surface area contributed by atoms with Crippen LogP contribution >= 0.6 is 0 Å². The Morgan fingerprint density at radius 1 is 1.18 bits per heavy atom. The van der Waals surface area contributed by atoms with E-state index in [-0.39, 0.29) is 5.91 Å². The highest BCUT2D eigenvalue weighted by Crippen LogP contribution is 2.21. The maximum absolute atomic E-state index is 12.7. The number of anilines is 1. The van der Waals surface area contributed by atoms with Crippen LogP contribution in [0.3, 0.4) is 0 Å². The standard InChI is InChI=1S/C21H20N6O/c1-15-7-8-17(11-19(15)21(28)24-18-5-3-2-4-6-18)20-14-27(26-25-20)10-9-16-12-22-23-13-16/h2-8,11-14H,9-10H2,1H3,(H,22,23)(H,24,28). The summed E-state index contributed by atoms with van der Waals surface area (Å²) in [5.41, 5.74) is 5.01. The zero-order valence-electron chi connectivity index (χ0n) is 15.5. The lowest BCUT2D eigenvalue weighted by Gasteiger charge is -2.09. The summed E-state index contributed by atoms with van der Waals surface area (Å²) in [6.07, 6.45) is 6.38. The highest BCUT2D eigenvalue weighted by molar-refractivity contribution is 6.05. The molecule has 2 heterocycles. The molecular formula is C21H20N6O. The number of rotatable bonds is 6. The predicted octanol–water partition coefficient (Wildman–Crippen LogP) is 3.47. The maximum atomic E-state index is 12.7.